The molecule has 0 aliphatic carbocycles. The third-order valence-electron chi connectivity index (χ3n) is 27.5. The van der Waals surface area contributed by atoms with E-state index in [0.29, 0.717) is 24.0 Å². The number of urea groups is 1. The first-order valence-corrected chi connectivity index (χ1v) is 56.3. The van der Waals surface area contributed by atoms with Crippen molar-refractivity contribution in [2.75, 3.05) is 255 Å². The summed E-state index contributed by atoms with van der Waals surface area (Å²) in [6.45, 7) is 31.9. The Hall–Kier alpha value is -9.08. The van der Waals surface area contributed by atoms with Gasteiger partial charge in [-0.05, 0) is 224 Å². The van der Waals surface area contributed by atoms with Gasteiger partial charge in [-0.1, -0.05) is 163 Å². The number of aliphatic hydroxyl groups excluding tert-OH is 3. The first-order valence-electron chi connectivity index (χ1n) is 50.4. The lowest BCUT2D eigenvalue weighted by Crippen LogP contribution is -2.50. The van der Waals surface area contributed by atoms with E-state index in [0.717, 1.165) is 255 Å². The number of fused-ring (bicyclic) bond motifs is 10. The minimum atomic E-state index is -3.49. The molecular weight excluding hydrogens is 1940 g/mol. The summed E-state index contributed by atoms with van der Waals surface area (Å²) in [5.41, 5.74) is 17.3. The fraction of sp³-hybridized carbons (Fsp3) is 0.427. The lowest BCUT2D eigenvalue weighted by Gasteiger charge is -2.37. The highest BCUT2D eigenvalue weighted by molar-refractivity contribution is 8.00. The number of hydrogen-bond donors (Lipinski definition) is 4. The van der Waals surface area contributed by atoms with Crippen LogP contribution in [0.15, 0.2) is 272 Å². The molecule has 762 valence electrons. The van der Waals surface area contributed by atoms with E-state index in [1.54, 1.807) is 91.0 Å². The number of carbonyl (C=O) groups excluding carboxylic acids is 3. The van der Waals surface area contributed by atoms with Gasteiger partial charge in [0.25, 0.3) is 0 Å². The summed E-state index contributed by atoms with van der Waals surface area (Å²) in [6.07, 6.45) is 8.35. The average Bonchev–Trinajstić information content (AvgIpc) is 0.811. The molecule has 0 spiro atoms. The van der Waals surface area contributed by atoms with Gasteiger partial charge in [-0.3, -0.25) is 19.5 Å². The smallest absolute Gasteiger partial charge is 0.419 e. The molecule has 0 bridgehead atoms. The number of Topliss-reactive ketones (excluding diaryl/α,β-unsaturated/α-hetero) is 1. The number of methoxy groups -OCH3 is 1. The zero-order valence-electron chi connectivity index (χ0n) is 83.0. The number of halogens is 1. The van der Waals surface area contributed by atoms with Gasteiger partial charge in [-0.25, -0.2) is 27.2 Å². The van der Waals surface area contributed by atoms with Crippen LogP contribution in [0.1, 0.15) is 75.6 Å². The van der Waals surface area contributed by atoms with E-state index < -0.39 is 10.0 Å². The Bertz CT molecular complexity index is 5960. The van der Waals surface area contributed by atoms with Crippen molar-refractivity contribution < 1.29 is 52.3 Å². The molecule has 26 nitrogen and oxygen atoms in total. The molecule has 0 saturated carbocycles. The number of para-hydroxylation sites is 6. The van der Waals surface area contributed by atoms with Gasteiger partial charge in [-0.2, -0.15) is 0 Å². The number of likely N-dealkylation sites (tertiary alicyclic amines) is 2. The third-order valence-corrected chi connectivity index (χ3v) is 35.2. The van der Waals surface area contributed by atoms with E-state index in [4.69, 9.17) is 41.8 Å². The Morgan fingerprint density at radius 2 is 0.797 bits per heavy atom. The summed E-state index contributed by atoms with van der Waals surface area (Å²) >= 11 is 15.1. The number of piperazine rings is 3. The number of aliphatic hydroxyl groups is 3. The third kappa shape index (κ3) is 28.3. The number of sulfonamides is 1. The van der Waals surface area contributed by atoms with Crippen molar-refractivity contribution in [2.24, 2.45) is 11.7 Å². The molecule has 33 heteroatoms. The normalized spacial score (nSPS) is 17.3. The van der Waals surface area contributed by atoms with Crippen LogP contribution in [0.3, 0.4) is 0 Å². The highest BCUT2D eigenvalue weighted by Crippen LogP contribution is 2.54. The largest absolute Gasteiger partial charge is 0.497 e. The molecule has 5 N–H and O–H groups in total. The van der Waals surface area contributed by atoms with E-state index in [1.165, 1.54) is 99.4 Å². The Kier molecular flexibility index (Phi) is 39.2. The molecule has 1 unspecified atom stereocenters. The van der Waals surface area contributed by atoms with E-state index in [9.17, 15) is 27.9 Å². The molecule has 0 aromatic heterocycles. The van der Waals surface area contributed by atoms with Gasteiger partial charge in [0.2, 0.25) is 10.0 Å². The fourth-order valence-corrected chi connectivity index (χ4v) is 26.2. The highest BCUT2D eigenvalue weighted by Gasteiger charge is 2.35. The SMILES string of the molecule is CC(=O)c1ccc2c(c1)N(CCCN1CCN(CCO)CC1)c1ccccc1S2.CN(C)S(=O)(=O)c1ccc2c(c1)N(CCCN1CCN(CCO)CC1)c1ccccc1S2.COc1ccc2c(c1)N(CC(C)CN1CCC(O)CC1)c1ccccc1S2.NC(=O)N1CCN(CCCN2c3ccccc3Sc3ccc(Cl)cc32)CC1.O=C(OCCOCCN1CCCCC1)N1c2ccccc2Sc2ccccc21. The van der Waals surface area contributed by atoms with Gasteiger partial charge < -0.3 is 79.4 Å². The van der Waals surface area contributed by atoms with Gasteiger partial charge in [0.15, 0.2) is 5.78 Å². The van der Waals surface area contributed by atoms with Crippen molar-refractivity contribution in [2.45, 2.75) is 125 Å². The number of nitrogens with two attached hydrogens (primary N) is 1. The van der Waals surface area contributed by atoms with Crippen LogP contribution in [0, 0.1) is 5.92 Å². The summed E-state index contributed by atoms with van der Waals surface area (Å²) in [6, 6.07) is 73.6. The van der Waals surface area contributed by atoms with Gasteiger partial charge in [0, 0.05) is 224 Å². The van der Waals surface area contributed by atoms with Crippen molar-refractivity contribution in [1.29, 1.82) is 0 Å². The van der Waals surface area contributed by atoms with E-state index >= 15 is 0 Å². The van der Waals surface area contributed by atoms with Gasteiger partial charge in [0.1, 0.15) is 12.4 Å². The maximum absolute atomic E-state index is 12.8. The average molecular weight is 2070 g/mol. The molecule has 143 heavy (non-hydrogen) atoms. The molecule has 10 aliphatic rings. The number of ether oxygens (including phenoxy) is 3. The first-order chi connectivity index (χ1) is 69.6. The van der Waals surface area contributed by atoms with Crippen molar-refractivity contribution >= 4 is 155 Å². The number of nitrogens with zero attached hydrogens (tertiary/aromatic N) is 14. The molecule has 10 aliphatic heterocycles. The summed E-state index contributed by atoms with van der Waals surface area (Å²) in [5.74, 6) is 1.53. The summed E-state index contributed by atoms with van der Waals surface area (Å²) in [5, 5.41) is 28.7. The molecule has 10 heterocycles. The Morgan fingerprint density at radius 3 is 1.24 bits per heavy atom. The molecule has 5 fully saturated rings. The predicted octanol–water partition coefficient (Wildman–Crippen LogP) is 19.4. The molecule has 10 aromatic carbocycles. The number of rotatable bonds is 30. The zero-order chi connectivity index (χ0) is 99.7. The highest BCUT2D eigenvalue weighted by atomic mass is 35.5. The standard InChI is InChI=1S/C23H32N4O3S2.C23H29N3O2S.C22H26N2O3S.C22H28N2O2S.C20H23ClN4OS/c1-24(2)32(29,30)19-8-9-23-21(18-19)27(20-6-3-4-7-22(20)31-23)11-5-10-25-12-14-26(15-13-25)16-17-28;1-18(28)19-7-8-23-21(17-19)26(20-5-2-3-6-22(20)29-23)10-4-9-24-11-13-25(14-12-24)15-16-27;25-22(27-17-16-26-15-14-23-12-6-1-7-13-23)24-18-8-2-4-10-20(18)28-21-11-5-3-9-19(21)24;1-16(14-23-11-9-17(25)10-12-23)15-24-19-5-3-4-6-21(19)27-22-8-7-18(26-2)13-20(22)24;21-15-6-7-19-17(14-15)25(16-4-1-2-5-18(16)27-19)9-3-8-23-10-12-24(13-11-23)20(22)26/h3-4,6-9,18,28H,5,10-17H2,1-2H3;2-3,5-8,17,27H,4,9-16H2,1H3;2-5,8-11H,1,6-7,12-17H2;3-8,13,16-17,25H,9-12,14-15H2,1-2H3;1-2,4-7,14H,3,8-13H2,(H2,22,26). The summed E-state index contributed by atoms with van der Waals surface area (Å²) < 4.78 is 43.4. The lowest BCUT2D eigenvalue weighted by atomic mass is 10.0. The summed E-state index contributed by atoms with van der Waals surface area (Å²) in [4.78, 5) is 78.2. The number of ketones is 1. The predicted molar refractivity (Wildman–Crippen MR) is 582 cm³/mol. The Balaban J connectivity index is 0.000000129. The number of primary amides is 1. The lowest BCUT2D eigenvalue weighted by molar-refractivity contribution is 0.0599. The molecule has 10 aromatic rings. The van der Waals surface area contributed by atoms with Crippen molar-refractivity contribution in [3.8, 4) is 5.75 Å². The number of benzene rings is 10. The van der Waals surface area contributed by atoms with Gasteiger partial charge in [-0.15, -0.1) is 0 Å². The van der Waals surface area contributed by atoms with Crippen molar-refractivity contribution in [3.05, 3.63) is 229 Å². The molecule has 1 atom stereocenters. The number of hydrogen-bond acceptors (Lipinski definition) is 27. The molecule has 20 rings (SSSR count). The van der Waals surface area contributed by atoms with Crippen LogP contribution in [0.2, 0.25) is 5.02 Å². The zero-order valence-corrected chi connectivity index (χ0v) is 88.7. The monoisotopic (exact) mass is 2070 g/mol. The van der Waals surface area contributed by atoms with Gasteiger partial charge >= 0.3 is 12.1 Å². The Labute approximate surface area is 871 Å². The fourth-order valence-electron chi connectivity index (χ4n) is 19.7. The van der Waals surface area contributed by atoms with Crippen LogP contribution in [0.4, 0.5) is 66.5 Å². The van der Waals surface area contributed by atoms with E-state index in [2.05, 4.69) is 176 Å². The number of anilines is 10. The van der Waals surface area contributed by atoms with Crippen LogP contribution < -0.4 is 35.0 Å². The maximum atomic E-state index is 12.8. The molecule has 0 radical (unpaired) electrons. The number of β-amino-alcohol motifs (C(OH)–C–C–N with tert-alkyl or cyclic N) is 2. The molecule has 3 amide bonds. The van der Waals surface area contributed by atoms with Crippen LogP contribution in [-0.2, 0) is 19.5 Å². The number of piperidine rings is 2. The van der Waals surface area contributed by atoms with Crippen molar-refractivity contribution in [3.63, 3.8) is 0 Å². The second-order valence-electron chi connectivity index (χ2n) is 37.6. The van der Waals surface area contributed by atoms with Gasteiger partial charge in [0.05, 0.1) is 101 Å². The van der Waals surface area contributed by atoms with Crippen molar-refractivity contribution in [1.82, 2.24) is 43.5 Å². The summed E-state index contributed by atoms with van der Waals surface area (Å²) in [7, 11) is 1.37. The van der Waals surface area contributed by atoms with Crippen LogP contribution >= 0.6 is 70.4 Å². The van der Waals surface area contributed by atoms with Crippen LogP contribution in [-0.4, -0.2) is 322 Å². The van der Waals surface area contributed by atoms with E-state index in [1.807, 2.05) is 109 Å². The quantitative estimate of drug-likeness (QED) is 0.0241. The van der Waals surface area contributed by atoms with Crippen LogP contribution in [0.25, 0.3) is 0 Å². The minimum absolute atomic E-state index is 0.109. The topological polar surface area (TPSA) is 245 Å². The number of carbonyl (C=O) groups is 3. The first kappa shape index (κ1) is 107. The number of amides is 3. The Morgan fingerprint density at radius 1 is 0.413 bits per heavy atom. The molecular formula is C110H138ClN15O11S6. The van der Waals surface area contributed by atoms with E-state index in [-0.39, 0.29) is 43.8 Å². The molecule has 5 saturated heterocycles. The maximum Gasteiger partial charge on any atom is 0.419 e. The second kappa shape index (κ2) is 52.5. The van der Waals surface area contributed by atoms with Crippen LogP contribution in [0.5, 0.6) is 5.75 Å². The minimum Gasteiger partial charge on any atom is -0.497 e. The second-order valence-corrected chi connectivity index (χ2v) is 45.6.